The first-order valence-electron chi connectivity index (χ1n) is 21.0. The lowest BCUT2D eigenvalue weighted by Gasteiger charge is -2.26. The minimum Gasteiger partial charge on any atom is -0.456 e. The zero-order valence-corrected chi connectivity index (χ0v) is 33.4. The number of benzene rings is 10. The Labute approximate surface area is 356 Å². The van der Waals surface area contributed by atoms with Gasteiger partial charge in [0.15, 0.2) is 0 Å². The van der Waals surface area contributed by atoms with Gasteiger partial charge >= 0.3 is 0 Å². The molecule has 0 bridgehead atoms. The van der Waals surface area contributed by atoms with Crippen molar-refractivity contribution in [3.8, 4) is 33.4 Å². The molecule has 0 saturated heterocycles. The molecular weight excluding hydrogens is 759 g/mol. The van der Waals surface area contributed by atoms with Gasteiger partial charge in [0.25, 0.3) is 0 Å². The van der Waals surface area contributed by atoms with Gasteiger partial charge < -0.3 is 18.2 Å². The van der Waals surface area contributed by atoms with Crippen LogP contribution in [-0.4, -0.2) is 0 Å². The predicted molar refractivity (Wildman–Crippen MR) is 257 cm³/mol. The summed E-state index contributed by atoms with van der Waals surface area (Å²) in [6.45, 7) is 0. The first kappa shape index (κ1) is 34.5. The van der Waals surface area contributed by atoms with Gasteiger partial charge in [-0.2, -0.15) is 0 Å². The van der Waals surface area contributed by atoms with Gasteiger partial charge in [-0.3, -0.25) is 0 Å². The van der Waals surface area contributed by atoms with Crippen molar-refractivity contribution < 1.29 is 13.3 Å². The third-order valence-electron chi connectivity index (χ3n) is 12.5. The quantitative estimate of drug-likeness (QED) is 0.168. The van der Waals surface area contributed by atoms with E-state index in [4.69, 9.17) is 13.3 Å². The Bertz CT molecular complexity index is 3850. The molecule has 0 aliphatic rings. The topological polar surface area (TPSA) is 42.7 Å². The van der Waals surface area contributed by atoms with E-state index >= 15 is 0 Å². The fraction of sp³-hybridized carbons (Fsp3) is 0. The van der Waals surface area contributed by atoms with E-state index in [1.54, 1.807) is 0 Å². The molecule has 0 N–H and O–H groups in total. The van der Waals surface area contributed by atoms with Gasteiger partial charge in [0.05, 0.1) is 0 Å². The third-order valence-corrected chi connectivity index (χ3v) is 12.5. The highest BCUT2D eigenvalue weighted by atomic mass is 16.3. The summed E-state index contributed by atoms with van der Waals surface area (Å²) in [5.41, 5.74) is 15.2. The molecule has 0 unspecified atom stereocenters. The van der Waals surface area contributed by atoms with Gasteiger partial charge in [-0.15, -0.1) is 0 Å². The fourth-order valence-corrected chi connectivity index (χ4v) is 9.50. The van der Waals surface area contributed by atoms with Crippen LogP contribution in [0.2, 0.25) is 0 Å². The number of para-hydroxylation sites is 3. The molecule has 3 aromatic heterocycles. The molecule has 4 nitrogen and oxygen atoms in total. The van der Waals surface area contributed by atoms with Crippen LogP contribution in [0.3, 0.4) is 0 Å². The Hall–Kier alpha value is -8.34. The standard InChI is InChI=1S/C58H35NO3/c1-2-10-45-37(9-1)25-34-51-56-44(13-8-18-54(56)62-58(45)51)38-21-29-42(30-22-38)59(41-27-19-36(20-28-41)40-26-33-49-47-11-3-5-16-52(47)60-55(49)35-40)43-31-23-39(24-32-43)46-14-7-15-50-48-12-4-6-17-53(48)61-57(46)50/h1-35H. The lowest BCUT2D eigenvalue weighted by Crippen LogP contribution is -2.09. The Morgan fingerprint density at radius 1 is 0.274 bits per heavy atom. The number of rotatable bonds is 6. The summed E-state index contributed by atoms with van der Waals surface area (Å²) < 4.78 is 19.2. The molecule has 0 aliphatic carbocycles. The van der Waals surface area contributed by atoms with Crippen molar-refractivity contribution in [3.63, 3.8) is 0 Å². The van der Waals surface area contributed by atoms with Gasteiger partial charge in [-0.1, -0.05) is 140 Å². The predicted octanol–water partition coefficient (Wildman–Crippen LogP) is 17.0. The molecule has 0 amide bonds. The molecule has 0 radical (unpaired) electrons. The average Bonchev–Trinajstić information content (AvgIpc) is 4.04. The smallest absolute Gasteiger partial charge is 0.143 e. The van der Waals surface area contributed by atoms with Crippen molar-refractivity contribution in [1.82, 2.24) is 0 Å². The Morgan fingerprint density at radius 3 is 1.52 bits per heavy atom. The fourth-order valence-electron chi connectivity index (χ4n) is 9.50. The number of fused-ring (bicyclic) bond motifs is 11. The van der Waals surface area contributed by atoms with E-state index in [0.717, 1.165) is 122 Å². The zero-order valence-electron chi connectivity index (χ0n) is 33.4. The molecule has 13 rings (SSSR count). The van der Waals surface area contributed by atoms with Crippen molar-refractivity contribution in [2.75, 3.05) is 4.90 Å². The maximum atomic E-state index is 6.54. The maximum Gasteiger partial charge on any atom is 0.143 e. The number of furan rings is 3. The second-order valence-corrected chi connectivity index (χ2v) is 16.0. The summed E-state index contributed by atoms with van der Waals surface area (Å²) in [5, 5.41) is 9.06. The van der Waals surface area contributed by atoms with E-state index in [-0.39, 0.29) is 0 Å². The molecule has 0 spiro atoms. The summed E-state index contributed by atoms with van der Waals surface area (Å²) in [4.78, 5) is 2.32. The van der Waals surface area contributed by atoms with Crippen LogP contribution in [0.1, 0.15) is 0 Å². The van der Waals surface area contributed by atoms with E-state index in [0.29, 0.717) is 0 Å². The van der Waals surface area contributed by atoms with Crippen molar-refractivity contribution in [2.45, 2.75) is 0 Å². The first-order valence-corrected chi connectivity index (χ1v) is 21.0. The van der Waals surface area contributed by atoms with E-state index in [1.165, 1.54) is 5.39 Å². The first-order chi connectivity index (χ1) is 30.7. The van der Waals surface area contributed by atoms with Crippen LogP contribution in [0, 0.1) is 0 Å². The SMILES string of the molecule is c1ccc2c(c1)ccc1c2oc2cccc(-c3ccc(N(c4ccc(-c5ccc6c(c5)oc5ccccc56)cc4)c4ccc(-c5cccc6c5oc5ccccc56)cc4)cc3)c21. The highest BCUT2D eigenvalue weighted by molar-refractivity contribution is 6.19. The van der Waals surface area contributed by atoms with Crippen molar-refractivity contribution in [1.29, 1.82) is 0 Å². The van der Waals surface area contributed by atoms with Gasteiger partial charge in [0.1, 0.15) is 33.5 Å². The highest BCUT2D eigenvalue weighted by Gasteiger charge is 2.19. The van der Waals surface area contributed by atoms with Crippen LogP contribution in [0.5, 0.6) is 0 Å². The van der Waals surface area contributed by atoms with Crippen LogP contribution in [0.15, 0.2) is 226 Å². The molecule has 0 fully saturated rings. The van der Waals surface area contributed by atoms with Gasteiger partial charge in [0, 0.05) is 60.3 Å². The second kappa shape index (κ2) is 13.6. The van der Waals surface area contributed by atoms with Crippen LogP contribution in [0.25, 0.3) is 110 Å². The number of hydrogen-bond donors (Lipinski definition) is 0. The second-order valence-electron chi connectivity index (χ2n) is 16.0. The van der Waals surface area contributed by atoms with Crippen LogP contribution >= 0.6 is 0 Å². The number of anilines is 3. The van der Waals surface area contributed by atoms with E-state index < -0.39 is 0 Å². The minimum absolute atomic E-state index is 0.887. The maximum absolute atomic E-state index is 6.54. The minimum atomic E-state index is 0.887. The largest absolute Gasteiger partial charge is 0.456 e. The molecule has 13 aromatic rings. The lowest BCUT2D eigenvalue weighted by molar-refractivity contribution is 0.669. The van der Waals surface area contributed by atoms with Gasteiger partial charge in [-0.05, 0) is 106 Å². The molecule has 4 heteroatoms. The van der Waals surface area contributed by atoms with Crippen molar-refractivity contribution >= 4 is 93.7 Å². The molecule has 10 aromatic carbocycles. The highest BCUT2D eigenvalue weighted by Crippen LogP contribution is 2.43. The summed E-state index contributed by atoms with van der Waals surface area (Å²) in [6, 6.07) is 75.0. The van der Waals surface area contributed by atoms with Crippen molar-refractivity contribution in [2.24, 2.45) is 0 Å². The third kappa shape index (κ3) is 5.40. The molecule has 0 aliphatic heterocycles. The van der Waals surface area contributed by atoms with Gasteiger partial charge in [0.2, 0.25) is 0 Å². The molecule has 3 heterocycles. The van der Waals surface area contributed by atoms with Crippen LogP contribution in [-0.2, 0) is 0 Å². The normalized spacial score (nSPS) is 11.9. The van der Waals surface area contributed by atoms with E-state index in [2.05, 4.69) is 193 Å². The molecule has 0 saturated carbocycles. The average molecular weight is 794 g/mol. The Morgan fingerprint density at radius 2 is 0.774 bits per heavy atom. The van der Waals surface area contributed by atoms with Gasteiger partial charge in [-0.25, -0.2) is 0 Å². The summed E-state index contributed by atoms with van der Waals surface area (Å²) in [5.74, 6) is 0. The van der Waals surface area contributed by atoms with E-state index in [9.17, 15) is 0 Å². The van der Waals surface area contributed by atoms with Crippen molar-refractivity contribution in [3.05, 3.63) is 212 Å². The lowest BCUT2D eigenvalue weighted by atomic mass is 9.97. The Balaban J connectivity index is 0.905. The zero-order chi connectivity index (χ0) is 40.7. The molecule has 290 valence electrons. The number of nitrogens with zero attached hydrogens (tertiary/aromatic N) is 1. The van der Waals surface area contributed by atoms with E-state index in [1.807, 2.05) is 24.3 Å². The molecule has 0 atom stereocenters. The monoisotopic (exact) mass is 793 g/mol. The molecule has 62 heavy (non-hydrogen) atoms. The van der Waals surface area contributed by atoms with Crippen LogP contribution in [0.4, 0.5) is 17.1 Å². The summed E-state index contributed by atoms with van der Waals surface area (Å²) >= 11 is 0. The summed E-state index contributed by atoms with van der Waals surface area (Å²) in [6.07, 6.45) is 0. The summed E-state index contributed by atoms with van der Waals surface area (Å²) in [7, 11) is 0. The number of hydrogen-bond acceptors (Lipinski definition) is 4. The van der Waals surface area contributed by atoms with Crippen LogP contribution < -0.4 is 4.90 Å². The molecular formula is C58H35NO3. The Kier molecular flexibility index (Phi) is 7.57.